The van der Waals surface area contributed by atoms with Gasteiger partial charge in [0, 0.05) is 25.6 Å². The molecule has 0 fully saturated rings. The van der Waals surface area contributed by atoms with Gasteiger partial charge in [-0.05, 0) is 105 Å². The number of aliphatic imine (C=N–C) groups is 1. The van der Waals surface area contributed by atoms with Gasteiger partial charge in [0.1, 0.15) is 6.33 Å². The lowest BCUT2D eigenvalue weighted by atomic mass is 9.92. The van der Waals surface area contributed by atoms with Crippen molar-refractivity contribution < 1.29 is 18.0 Å². The van der Waals surface area contributed by atoms with Crippen LogP contribution in [0.1, 0.15) is 131 Å². The Morgan fingerprint density at radius 3 is 1.88 bits per heavy atom. The third kappa shape index (κ3) is 35.2. The Bertz CT molecular complexity index is 1290. The van der Waals surface area contributed by atoms with Crippen LogP contribution in [0.25, 0.3) is 0 Å². The molecule has 0 spiro atoms. The van der Waals surface area contributed by atoms with Crippen molar-refractivity contribution in [3.05, 3.63) is 118 Å². The lowest BCUT2D eigenvalue weighted by Gasteiger charge is -2.14. The maximum atomic E-state index is 11.8. The number of carbonyl (C=O) groups excluding carboxylic acids is 1. The number of hydrogen-bond donors (Lipinski definition) is 0. The van der Waals surface area contributed by atoms with Crippen LogP contribution in [0, 0.1) is 25.7 Å². The third-order valence-corrected chi connectivity index (χ3v) is 7.65. The molecular formula is C46H73ClF3NO. The summed E-state index contributed by atoms with van der Waals surface area (Å²) in [5.41, 5.74) is 7.76. The summed E-state index contributed by atoms with van der Waals surface area (Å²) in [6.45, 7) is 29.6. The zero-order chi connectivity index (χ0) is 41.1. The van der Waals surface area contributed by atoms with E-state index in [0.717, 1.165) is 42.9 Å². The van der Waals surface area contributed by atoms with Crippen LogP contribution >= 0.6 is 11.6 Å². The lowest BCUT2D eigenvalue weighted by molar-refractivity contribution is -0.114. The van der Waals surface area contributed by atoms with Gasteiger partial charge in [0.25, 0.3) is 0 Å². The van der Waals surface area contributed by atoms with Crippen molar-refractivity contribution in [2.45, 2.75) is 141 Å². The van der Waals surface area contributed by atoms with Crippen LogP contribution in [0.15, 0.2) is 101 Å². The van der Waals surface area contributed by atoms with E-state index in [4.69, 9.17) is 11.6 Å². The van der Waals surface area contributed by atoms with Crippen LogP contribution in [0.3, 0.4) is 0 Å². The molecule has 2 aromatic rings. The number of hydrogen-bond acceptors (Lipinski definition) is 2. The molecule has 0 saturated carbocycles. The van der Waals surface area contributed by atoms with E-state index in [1.807, 2.05) is 39.8 Å². The molecule has 0 heterocycles. The minimum absolute atomic E-state index is 0.0689. The average molecular weight is 749 g/mol. The first kappa shape index (κ1) is 55.6. The van der Waals surface area contributed by atoms with Gasteiger partial charge in [-0.3, -0.25) is 9.79 Å². The molecule has 0 amide bonds. The van der Waals surface area contributed by atoms with Crippen LogP contribution in [0.2, 0.25) is 0 Å². The zero-order valence-electron chi connectivity index (χ0n) is 35.2. The second-order valence-corrected chi connectivity index (χ2v) is 13.1. The molecule has 0 bridgehead atoms. The summed E-state index contributed by atoms with van der Waals surface area (Å²) in [5.74, 6) is 1.75. The van der Waals surface area contributed by atoms with Gasteiger partial charge in [0.15, 0.2) is 5.78 Å². The summed E-state index contributed by atoms with van der Waals surface area (Å²) in [6, 6.07) is 17.1. The van der Waals surface area contributed by atoms with E-state index in [2.05, 4.69) is 109 Å². The number of benzene rings is 2. The lowest BCUT2D eigenvalue weighted by Crippen LogP contribution is -2.11. The number of alkyl halides is 2. The maximum Gasteiger partial charge on any atom is 0.235 e. The van der Waals surface area contributed by atoms with Crippen LogP contribution in [-0.2, 0) is 17.6 Å². The molecule has 1 unspecified atom stereocenters. The molecule has 0 aliphatic rings. The SMILES string of the molecule is C=C(C)C(=O)CC(Cc1ccc(C)c(C)c1)=NC.CC.CC(C)C(C)CCCc1ccccc1.CC(F)F.CCC.C\C=C/C(=C\C(Cl)=C\F)CC. The molecule has 0 aliphatic heterocycles. The molecule has 2 rings (SSSR count). The first-order valence-electron chi connectivity index (χ1n) is 18.8. The fraction of sp³-hybridized carbons (Fsp3) is 0.522. The van der Waals surface area contributed by atoms with E-state index < -0.39 is 6.43 Å². The molecule has 296 valence electrons. The van der Waals surface area contributed by atoms with E-state index in [1.54, 1.807) is 20.0 Å². The van der Waals surface area contributed by atoms with Crippen molar-refractivity contribution >= 4 is 23.1 Å². The molecule has 1 atom stereocenters. The highest BCUT2D eigenvalue weighted by molar-refractivity contribution is 6.31. The second kappa shape index (κ2) is 37.6. The summed E-state index contributed by atoms with van der Waals surface area (Å²) >= 11 is 5.45. The smallest absolute Gasteiger partial charge is 0.235 e. The molecule has 2 nitrogen and oxygen atoms in total. The van der Waals surface area contributed by atoms with Gasteiger partial charge in [-0.2, -0.15) is 0 Å². The Kier molecular flexibility index (Phi) is 40.2. The van der Waals surface area contributed by atoms with Crippen LogP contribution in [0.4, 0.5) is 13.2 Å². The van der Waals surface area contributed by atoms with E-state index in [1.165, 1.54) is 47.9 Å². The molecule has 6 heteroatoms. The predicted molar refractivity (Wildman–Crippen MR) is 228 cm³/mol. The topological polar surface area (TPSA) is 29.4 Å². The monoisotopic (exact) mass is 748 g/mol. The van der Waals surface area contributed by atoms with Gasteiger partial charge in [0.05, 0.1) is 5.03 Å². The largest absolute Gasteiger partial charge is 0.297 e. The Balaban J connectivity index is -0.000000304. The van der Waals surface area contributed by atoms with Crippen molar-refractivity contribution in [1.29, 1.82) is 0 Å². The van der Waals surface area contributed by atoms with E-state index in [9.17, 15) is 18.0 Å². The number of nitrogens with zero attached hydrogens (tertiary/aromatic N) is 1. The van der Waals surface area contributed by atoms with Crippen molar-refractivity contribution in [1.82, 2.24) is 0 Å². The molecule has 52 heavy (non-hydrogen) atoms. The molecule has 2 aromatic carbocycles. The molecule has 0 aromatic heterocycles. The molecule has 0 saturated heterocycles. The first-order chi connectivity index (χ1) is 24.5. The first-order valence-corrected chi connectivity index (χ1v) is 19.2. The maximum absolute atomic E-state index is 11.8. The number of Topliss-reactive ketones (excluding diaryl/α,β-unsaturated/α-hetero) is 1. The highest BCUT2D eigenvalue weighted by Crippen LogP contribution is 2.17. The summed E-state index contributed by atoms with van der Waals surface area (Å²) in [4.78, 5) is 15.9. The minimum atomic E-state index is -2.17. The average Bonchev–Trinajstić information content (AvgIpc) is 3.11. The van der Waals surface area contributed by atoms with E-state index >= 15 is 0 Å². The number of rotatable bonds is 13. The second-order valence-electron chi connectivity index (χ2n) is 12.7. The van der Waals surface area contributed by atoms with Gasteiger partial charge < -0.3 is 0 Å². The molecule has 0 N–H and O–H groups in total. The number of ketones is 1. The number of aryl methyl sites for hydroxylation is 3. The van der Waals surface area contributed by atoms with Crippen LogP contribution < -0.4 is 0 Å². The van der Waals surface area contributed by atoms with E-state index in [0.29, 0.717) is 18.3 Å². The quantitative estimate of drug-likeness (QED) is 0.114. The Morgan fingerprint density at radius 2 is 1.48 bits per heavy atom. The summed E-state index contributed by atoms with van der Waals surface area (Å²) in [7, 11) is 1.74. The van der Waals surface area contributed by atoms with Crippen LogP contribution in [-0.4, -0.2) is 25.0 Å². The Morgan fingerprint density at radius 1 is 0.942 bits per heavy atom. The number of halogens is 4. The zero-order valence-corrected chi connectivity index (χ0v) is 35.9. The van der Waals surface area contributed by atoms with Crippen molar-refractivity contribution in [3.8, 4) is 0 Å². The van der Waals surface area contributed by atoms with Gasteiger partial charge >= 0.3 is 0 Å². The van der Waals surface area contributed by atoms with Gasteiger partial charge in [-0.25, -0.2) is 13.2 Å². The third-order valence-electron chi connectivity index (χ3n) is 7.46. The minimum Gasteiger partial charge on any atom is -0.297 e. The molecular weight excluding hydrogens is 675 g/mol. The normalized spacial score (nSPS) is 11.7. The predicted octanol–water partition coefficient (Wildman–Crippen LogP) is 15.4. The number of allylic oxidation sites excluding steroid dienone is 6. The van der Waals surface area contributed by atoms with Crippen LogP contribution in [0.5, 0.6) is 0 Å². The summed E-state index contributed by atoms with van der Waals surface area (Å²) in [6.07, 6.45) is 10.8. The van der Waals surface area contributed by atoms with Gasteiger partial charge in [0.2, 0.25) is 6.43 Å². The van der Waals surface area contributed by atoms with Crippen molar-refractivity contribution in [2.75, 3.05) is 7.05 Å². The number of carbonyl (C=O) groups is 1. The highest BCUT2D eigenvalue weighted by atomic mass is 35.5. The van der Waals surface area contributed by atoms with Crippen molar-refractivity contribution in [3.63, 3.8) is 0 Å². The Labute approximate surface area is 323 Å². The molecule has 0 aliphatic carbocycles. The fourth-order valence-electron chi connectivity index (χ4n) is 4.00. The standard InChI is InChI=1S/C16H21NO.C14H22.C9H12ClF.C3H8.C2H4F2.C2H6/c1-11(2)16(18)10-15(17-5)9-14-7-6-12(3)13(4)8-14;1-12(2)13(3)8-7-11-14-9-5-4-6-10-14;1-3-5-8(4-2)6-9(10)7-11;1-3-2;1-2(3)4;1-2/h6-8H,1,9-10H2,2-5H3;4-6,9-10,12-13H,7-8,11H2,1-3H3;3,5-7H,4H2,1-2H3;3H2,1-2H3;2H,1H3;1-2H3/b;;5-3-,8-6-,9-7-;;;. The molecule has 0 radical (unpaired) electrons. The van der Waals surface area contributed by atoms with Gasteiger partial charge in [-0.15, -0.1) is 0 Å². The van der Waals surface area contributed by atoms with Crippen molar-refractivity contribution in [2.24, 2.45) is 16.8 Å². The summed E-state index contributed by atoms with van der Waals surface area (Å²) in [5, 5.41) is 0.139. The highest BCUT2D eigenvalue weighted by Gasteiger charge is 2.09. The fourth-order valence-corrected chi connectivity index (χ4v) is 4.14. The summed E-state index contributed by atoms with van der Waals surface area (Å²) < 4.78 is 32.4. The van der Waals surface area contributed by atoms with Gasteiger partial charge in [-0.1, -0.05) is 147 Å². The Hall–Kier alpha value is -3.18. The van der Waals surface area contributed by atoms with E-state index in [-0.39, 0.29) is 10.8 Å².